The second-order valence-corrected chi connectivity index (χ2v) is 3.62. The molecule has 0 saturated carbocycles. The minimum Gasteiger partial charge on any atom is -0.504 e. The summed E-state index contributed by atoms with van der Waals surface area (Å²) in [6.07, 6.45) is 1.52. The van der Waals surface area contributed by atoms with Crippen molar-refractivity contribution in [2.75, 3.05) is 7.11 Å². The zero-order valence-corrected chi connectivity index (χ0v) is 8.94. The number of aromatic hydroxyl groups is 1. The summed E-state index contributed by atoms with van der Waals surface area (Å²) < 4.78 is 5.07. The van der Waals surface area contributed by atoms with Crippen molar-refractivity contribution < 1.29 is 14.6 Å². The number of phenolic OH excluding ortho intramolecular Hbond substituents is 1. The van der Waals surface area contributed by atoms with Gasteiger partial charge >= 0.3 is 0 Å². The maximum absolute atomic E-state index is 10.3. The first kappa shape index (κ1) is 11.3. The highest BCUT2D eigenvalue weighted by Gasteiger charge is 2.25. The number of isocyanates is 1. The predicted octanol–water partition coefficient (Wildman–Crippen LogP) is 1.97. The highest BCUT2D eigenvalue weighted by Crippen LogP contribution is 2.38. The molecule has 4 nitrogen and oxygen atoms in total. The molecule has 0 heterocycles. The van der Waals surface area contributed by atoms with Gasteiger partial charge in [-0.05, 0) is 19.9 Å². The fourth-order valence-electron chi connectivity index (χ4n) is 1.40. The van der Waals surface area contributed by atoms with Crippen LogP contribution in [-0.4, -0.2) is 18.3 Å². The molecule has 0 atom stereocenters. The molecule has 1 N–H and O–H groups in total. The molecule has 15 heavy (non-hydrogen) atoms. The molecule has 1 rings (SSSR count). The first-order valence-corrected chi connectivity index (χ1v) is 4.48. The number of nitrogens with zero attached hydrogens (tertiary/aromatic N) is 1. The Hall–Kier alpha value is -1.80. The lowest BCUT2D eigenvalue weighted by Crippen LogP contribution is -2.14. The van der Waals surface area contributed by atoms with Gasteiger partial charge < -0.3 is 9.84 Å². The third kappa shape index (κ3) is 2.17. The molecule has 0 radical (unpaired) electrons. The topological polar surface area (TPSA) is 58.9 Å². The smallest absolute Gasteiger partial charge is 0.235 e. The third-order valence-electron chi connectivity index (χ3n) is 2.18. The fraction of sp³-hybridized carbons (Fsp3) is 0.364. The van der Waals surface area contributed by atoms with E-state index in [0.29, 0.717) is 11.3 Å². The molecule has 0 aliphatic rings. The van der Waals surface area contributed by atoms with E-state index in [4.69, 9.17) is 4.74 Å². The Morgan fingerprint density at radius 3 is 2.67 bits per heavy atom. The van der Waals surface area contributed by atoms with E-state index in [-0.39, 0.29) is 5.75 Å². The molecule has 0 aliphatic heterocycles. The molecule has 0 bridgehead atoms. The molecule has 80 valence electrons. The minimum atomic E-state index is -0.758. The van der Waals surface area contributed by atoms with Crippen molar-refractivity contribution in [3.05, 3.63) is 23.8 Å². The largest absolute Gasteiger partial charge is 0.504 e. The second kappa shape index (κ2) is 4.15. The first-order valence-electron chi connectivity index (χ1n) is 4.48. The van der Waals surface area contributed by atoms with Crippen LogP contribution in [-0.2, 0) is 10.3 Å². The summed E-state index contributed by atoms with van der Waals surface area (Å²) in [6, 6.07) is 4.94. The van der Waals surface area contributed by atoms with Gasteiger partial charge in [0.25, 0.3) is 0 Å². The van der Waals surface area contributed by atoms with Gasteiger partial charge in [0, 0.05) is 5.56 Å². The first-order chi connectivity index (χ1) is 7.03. The average Bonchev–Trinajstić information content (AvgIpc) is 2.17. The standard InChI is InChI=1S/C11H13NO3/c1-11(2,12-7-13)8-5-4-6-9(14)10(8)15-3/h4-6,14H,1-3H3. The normalized spacial score (nSPS) is 10.6. The van der Waals surface area contributed by atoms with Crippen LogP contribution in [0.5, 0.6) is 11.5 Å². The van der Waals surface area contributed by atoms with Gasteiger partial charge in [-0.1, -0.05) is 12.1 Å². The fourth-order valence-corrected chi connectivity index (χ4v) is 1.40. The van der Waals surface area contributed by atoms with Crippen molar-refractivity contribution in [2.45, 2.75) is 19.4 Å². The quantitative estimate of drug-likeness (QED) is 0.609. The monoisotopic (exact) mass is 207 g/mol. The van der Waals surface area contributed by atoms with E-state index in [1.807, 2.05) is 0 Å². The van der Waals surface area contributed by atoms with Crippen LogP contribution in [0.3, 0.4) is 0 Å². The SMILES string of the molecule is COc1c(O)cccc1C(C)(C)N=C=O. The number of phenols is 1. The number of rotatable bonds is 3. The van der Waals surface area contributed by atoms with E-state index >= 15 is 0 Å². The number of hydrogen-bond acceptors (Lipinski definition) is 4. The summed E-state index contributed by atoms with van der Waals surface area (Å²) in [6.45, 7) is 3.49. The van der Waals surface area contributed by atoms with Crippen LogP contribution in [0.4, 0.5) is 0 Å². The Kier molecular flexibility index (Phi) is 3.12. The number of carbonyl (C=O) groups excluding carboxylic acids is 1. The minimum absolute atomic E-state index is 0.0316. The molecule has 1 aromatic rings. The van der Waals surface area contributed by atoms with Crippen LogP contribution in [0, 0.1) is 0 Å². The number of methoxy groups -OCH3 is 1. The summed E-state index contributed by atoms with van der Waals surface area (Å²) in [7, 11) is 1.46. The van der Waals surface area contributed by atoms with Crippen LogP contribution in [0.25, 0.3) is 0 Å². The van der Waals surface area contributed by atoms with Crippen LogP contribution < -0.4 is 4.74 Å². The number of hydrogen-bond donors (Lipinski definition) is 1. The Morgan fingerprint density at radius 2 is 2.13 bits per heavy atom. The summed E-state index contributed by atoms with van der Waals surface area (Å²) >= 11 is 0. The van der Waals surface area contributed by atoms with Crippen LogP contribution in [0.15, 0.2) is 23.2 Å². The zero-order valence-electron chi connectivity index (χ0n) is 8.94. The van der Waals surface area contributed by atoms with Crippen molar-refractivity contribution in [1.82, 2.24) is 0 Å². The Bertz CT molecular complexity index is 406. The molecule has 0 spiro atoms. The molecule has 0 unspecified atom stereocenters. The van der Waals surface area contributed by atoms with E-state index < -0.39 is 5.54 Å². The van der Waals surface area contributed by atoms with Crippen molar-refractivity contribution in [1.29, 1.82) is 0 Å². The van der Waals surface area contributed by atoms with Gasteiger partial charge in [-0.3, -0.25) is 0 Å². The Morgan fingerprint density at radius 1 is 1.47 bits per heavy atom. The maximum Gasteiger partial charge on any atom is 0.235 e. The van der Waals surface area contributed by atoms with Crippen LogP contribution >= 0.6 is 0 Å². The zero-order chi connectivity index (χ0) is 11.5. The van der Waals surface area contributed by atoms with E-state index in [1.165, 1.54) is 19.3 Å². The highest BCUT2D eigenvalue weighted by atomic mass is 16.5. The summed E-state index contributed by atoms with van der Waals surface area (Å²) in [5, 5.41) is 9.56. The van der Waals surface area contributed by atoms with Gasteiger partial charge in [0.2, 0.25) is 6.08 Å². The average molecular weight is 207 g/mol. The molecule has 1 aromatic carbocycles. The van der Waals surface area contributed by atoms with Crippen molar-refractivity contribution in [3.8, 4) is 11.5 Å². The van der Waals surface area contributed by atoms with Crippen molar-refractivity contribution in [2.24, 2.45) is 4.99 Å². The third-order valence-corrected chi connectivity index (χ3v) is 2.18. The van der Waals surface area contributed by atoms with Gasteiger partial charge in [0.05, 0.1) is 12.6 Å². The highest BCUT2D eigenvalue weighted by molar-refractivity contribution is 5.50. The van der Waals surface area contributed by atoms with Gasteiger partial charge in [-0.2, -0.15) is 4.99 Å². The lowest BCUT2D eigenvalue weighted by molar-refractivity contribution is 0.358. The molecular weight excluding hydrogens is 194 g/mol. The van der Waals surface area contributed by atoms with Crippen LogP contribution in [0.1, 0.15) is 19.4 Å². The van der Waals surface area contributed by atoms with Gasteiger partial charge in [0.15, 0.2) is 11.5 Å². The molecular formula is C11H13NO3. The second-order valence-electron chi connectivity index (χ2n) is 3.62. The molecule has 0 aliphatic carbocycles. The Balaban J connectivity index is 3.36. The van der Waals surface area contributed by atoms with E-state index in [2.05, 4.69) is 4.99 Å². The van der Waals surface area contributed by atoms with Gasteiger partial charge in [-0.15, -0.1) is 0 Å². The number of para-hydroxylation sites is 1. The summed E-state index contributed by atoms with van der Waals surface area (Å²) in [4.78, 5) is 14.0. The molecule has 0 aromatic heterocycles. The number of ether oxygens (including phenoxy) is 1. The van der Waals surface area contributed by atoms with Gasteiger partial charge in [-0.25, -0.2) is 4.79 Å². The lowest BCUT2D eigenvalue weighted by Gasteiger charge is -2.21. The maximum atomic E-state index is 10.3. The lowest BCUT2D eigenvalue weighted by atomic mass is 9.94. The summed E-state index contributed by atoms with van der Waals surface area (Å²) in [5.41, 5.74) is -0.111. The molecule has 4 heteroatoms. The van der Waals surface area contributed by atoms with E-state index in [0.717, 1.165) is 0 Å². The predicted molar refractivity (Wildman–Crippen MR) is 55.8 cm³/mol. The van der Waals surface area contributed by atoms with Crippen molar-refractivity contribution in [3.63, 3.8) is 0 Å². The molecule has 0 saturated heterocycles. The van der Waals surface area contributed by atoms with Gasteiger partial charge in [0.1, 0.15) is 0 Å². The molecule has 0 fully saturated rings. The number of benzene rings is 1. The van der Waals surface area contributed by atoms with E-state index in [1.54, 1.807) is 26.0 Å². The van der Waals surface area contributed by atoms with Crippen LogP contribution in [0.2, 0.25) is 0 Å². The Labute approximate surface area is 88.2 Å². The van der Waals surface area contributed by atoms with Crippen molar-refractivity contribution >= 4 is 6.08 Å². The summed E-state index contributed by atoms with van der Waals surface area (Å²) in [5.74, 6) is 0.366. The number of aliphatic imine (C=N–C) groups is 1. The van der Waals surface area contributed by atoms with E-state index in [9.17, 15) is 9.90 Å². The molecule has 0 amide bonds.